The Morgan fingerprint density at radius 1 is 1.15 bits per heavy atom. The number of halogens is 1. The van der Waals surface area contributed by atoms with E-state index in [-0.39, 0.29) is 17.5 Å². The van der Waals surface area contributed by atoms with Crippen LogP contribution in [0.2, 0.25) is 0 Å². The molecular formula is C20H18ClNO4. The molecule has 0 aliphatic rings. The van der Waals surface area contributed by atoms with Gasteiger partial charge in [0.1, 0.15) is 16.7 Å². The van der Waals surface area contributed by atoms with E-state index in [1.165, 1.54) is 0 Å². The minimum atomic E-state index is -0.642. The zero-order valence-corrected chi connectivity index (χ0v) is 15.4. The van der Waals surface area contributed by atoms with E-state index in [1.54, 1.807) is 50.4 Å². The van der Waals surface area contributed by atoms with Crippen LogP contribution in [0.5, 0.6) is 5.75 Å². The average molecular weight is 372 g/mol. The summed E-state index contributed by atoms with van der Waals surface area (Å²) in [6.45, 7) is 3.43. The van der Waals surface area contributed by atoms with Crippen molar-refractivity contribution >= 4 is 39.9 Å². The highest BCUT2D eigenvalue weighted by Gasteiger charge is 2.20. The third-order valence-corrected chi connectivity index (χ3v) is 4.32. The molecule has 1 aromatic heterocycles. The van der Waals surface area contributed by atoms with E-state index in [9.17, 15) is 9.59 Å². The number of methoxy groups -OCH3 is 1. The first-order valence-corrected chi connectivity index (χ1v) is 8.51. The molecule has 0 radical (unpaired) electrons. The van der Waals surface area contributed by atoms with Gasteiger partial charge in [0.25, 0.3) is 0 Å². The number of carbonyl (C=O) groups is 2. The molecule has 0 spiro atoms. The number of anilines is 1. The number of nitrogens with one attached hydrogen (secondary N) is 1. The maximum atomic E-state index is 12.8. The zero-order valence-electron chi connectivity index (χ0n) is 14.6. The summed E-state index contributed by atoms with van der Waals surface area (Å²) in [5.41, 5.74) is 2.36. The quantitative estimate of drug-likeness (QED) is 0.527. The Morgan fingerprint density at radius 2 is 1.85 bits per heavy atom. The van der Waals surface area contributed by atoms with Gasteiger partial charge < -0.3 is 14.5 Å². The summed E-state index contributed by atoms with van der Waals surface area (Å²) in [5.74, 6) is 0.446. The standard InChI is InChI=1S/C20H18ClNO4/c1-11-16-9-6-14(22-20(24)12(2)21)10-17(16)26-19(11)18(23)13-4-7-15(25-3)8-5-13/h4-10,12H,1-3H3,(H,22,24). The number of carbonyl (C=O) groups excluding carboxylic acids is 2. The fourth-order valence-corrected chi connectivity index (χ4v) is 2.69. The number of alkyl halides is 1. The smallest absolute Gasteiger partial charge is 0.242 e. The minimum Gasteiger partial charge on any atom is -0.497 e. The lowest BCUT2D eigenvalue weighted by molar-refractivity contribution is -0.115. The van der Waals surface area contributed by atoms with Gasteiger partial charge in [-0.1, -0.05) is 0 Å². The van der Waals surface area contributed by atoms with Crippen molar-refractivity contribution in [3.05, 3.63) is 59.4 Å². The van der Waals surface area contributed by atoms with Crippen LogP contribution in [0, 0.1) is 6.92 Å². The van der Waals surface area contributed by atoms with Crippen LogP contribution in [-0.2, 0) is 4.79 Å². The van der Waals surface area contributed by atoms with Crippen LogP contribution >= 0.6 is 11.6 Å². The molecule has 134 valence electrons. The summed E-state index contributed by atoms with van der Waals surface area (Å²) < 4.78 is 10.9. The van der Waals surface area contributed by atoms with Crippen LogP contribution in [0.4, 0.5) is 5.69 Å². The molecule has 3 aromatic rings. The number of hydrogen-bond acceptors (Lipinski definition) is 4. The van der Waals surface area contributed by atoms with Crippen LogP contribution < -0.4 is 10.1 Å². The number of benzene rings is 2. The van der Waals surface area contributed by atoms with Gasteiger partial charge in [-0.15, -0.1) is 11.6 Å². The molecular weight excluding hydrogens is 354 g/mol. The minimum absolute atomic E-state index is 0.207. The lowest BCUT2D eigenvalue weighted by Gasteiger charge is -2.05. The molecule has 1 atom stereocenters. The molecule has 1 heterocycles. The summed E-state index contributed by atoms with van der Waals surface area (Å²) in [5, 5.41) is 2.88. The van der Waals surface area contributed by atoms with Crippen molar-refractivity contribution in [1.82, 2.24) is 0 Å². The maximum Gasteiger partial charge on any atom is 0.242 e. The Balaban J connectivity index is 1.94. The molecule has 0 aliphatic carbocycles. The van der Waals surface area contributed by atoms with Gasteiger partial charge in [-0.05, 0) is 50.2 Å². The number of ether oxygens (including phenoxy) is 1. The highest BCUT2D eigenvalue weighted by molar-refractivity contribution is 6.32. The largest absolute Gasteiger partial charge is 0.497 e. The second-order valence-corrected chi connectivity index (χ2v) is 6.58. The van der Waals surface area contributed by atoms with Crippen molar-refractivity contribution in [2.24, 2.45) is 0 Å². The molecule has 5 nitrogen and oxygen atoms in total. The maximum absolute atomic E-state index is 12.8. The van der Waals surface area contributed by atoms with Crippen LogP contribution in [0.1, 0.15) is 28.6 Å². The van der Waals surface area contributed by atoms with Gasteiger partial charge in [0.05, 0.1) is 7.11 Å². The van der Waals surface area contributed by atoms with E-state index in [1.807, 2.05) is 13.0 Å². The molecule has 1 amide bonds. The predicted octanol–water partition coefficient (Wildman–Crippen LogP) is 4.55. The van der Waals surface area contributed by atoms with Gasteiger partial charge in [-0.3, -0.25) is 9.59 Å². The van der Waals surface area contributed by atoms with Crippen LogP contribution in [-0.4, -0.2) is 24.2 Å². The lowest BCUT2D eigenvalue weighted by atomic mass is 10.0. The Kier molecular flexibility index (Phi) is 5.00. The molecule has 0 saturated carbocycles. The number of rotatable bonds is 5. The molecule has 0 saturated heterocycles. The molecule has 1 N–H and O–H groups in total. The summed E-state index contributed by atoms with van der Waals surface area (Å²) in [6, 6.07) is 12.1. The predicted molar refractivity (Wildman–Crippen MR) is 101 cm³/mol. The molecule has 3 rings (SSSR count). The Bertz CT molecular complexity index is 973. The van der Waals surface area contributed by atoms with E-state index in [0.717, 1.165) is 10.9 Å². The summed E-state index contributed by atoms with van der Waals surface area (Å²) in [7, 11) is 1.57. The van der Waals surface area contributed by atoms with Crippen molar-refractivity contribution < 1.29 is 18.7 Å². The van der Waals surface area contributed by atoms with Crippen LogP contribution in [0.15, 0.2) is 46.9 Å². The summed E-state index contributed by atoms with van der Waals surface area (Å²) >= 11 is 5.77. The van der Waals surface area contributed by atoms with Gasteiger partial charge in [0.15, 0.2) is 5.76 Å². The molecule has 2 aromatic carbocycles. The van der Waals surface area contributed by atoms with Gasteiger partial charge in [-0.2, -0.15) is 0 Å². The van der Waals surface area contributed by atoms with E-state index in [4.69, 9.17) is 20.8 Å². The molecule has 26 heavy (non-hydrogen) atoms. The van der Waals surface area contributed by atoms with Gasteiger partial charge in [0, 0.05) is 28.3 Å². The number of amides is 1. The molecule has 0 fully saturated rings. The van der Waals surface area contributed by atoms with E-state index >= 15 is 0 Å². The van der Waals surface area contributed by atoms with Gasteiger partial charge in [0.2, 0.25) is 11.7 Å². The number of fused-ring (bicyclic) bond motifs is 1. The molecule has 6 heteroatoms. The zero-order chi connectivity index (χ0) is 18.8. The highest BCUT2D eigenvalue weighted by Crippen LogP contribution is 2.29. The van der Waals surface area contributed by atoms with E-state index in [2.05, 4.69) is 5.32 Å². The van der Waals surface area contributed by atoms with E-state index < -0.39 is 5.38 Å². The monoisotopic (exact) mass is 371 g/mol. The molecule has 0 bridgehead atoms. The first kappa shape index (κ1) is 18.0. The van der Waals surface area contributed by atoms with Crippen molar-refractivity contribution in [3.63, 3.8) is 0 Å². The first-order chi connectivity index (χ1) is 12.4. The molecule has 1 unspecified atom stereocenters. The number of hydrogen-bond donors (Lipinski definition) is 1. The van der Waals surface area contributed by atoms with Gasteiger partial charge >= 0.3 is 0 Å². The van der Waals surface area contributed by atoms with Crippen LogP contribution in [0.3, 0.4) is 0 Å². The number of aryl methyl sites for hydroxylation is 1. The third-order valence-electron chi connectivity index (χ3n) is 4.13. The van der Waals surface area contributed by atoms with Crippen molar-refractivity contribution in [2.45, 2.75) is 19.2 Å². The fourth-order valence-electron chi connectivity index (χ4n) is 2.63. The Labute approximate surface area is 155 Å². The van der Waals surface area contributed by atoms with E-state index in [0.29, 0.717) is 22.6 Å². The van der Waals surface area contributed by atoms with Gasteiger partial charge in [-0.25, -0.2) is 0 Å². The lowest BCUT2D eigenvalue weighted by Crippen LogP contribution is -2.20. The van der Waals surface area contributed by atoms with Crippen molar-refractivity contribution in [2.75, 3.05) is 12.4 Å². The van der Waals surface area contributed by atoms with Crippen molar-refractivity contribution in [1.29, 1.82) is 0 Å². The van der Waals surface area contributed by atoms with Crippen molar-refractivity contribution in [3.8, 4) is 5.75 Å². The topological polar surface area (TPSA) is 68.5 Å². The fraction of sp³-hybridized carbons (Fsp3) is 0.200. The highest BCUT2D eigenvalue weighted by atomic mass is 35.5. The second kappa shape index (κ2) is 7.22. The third kappa shape index (κ3) is 3.44. The van der Waals surface area contributed by atoms with Crippen LogP contribution in [0.25, 0.3) is 11.0 Å². The summed E-state index contributed by atoms with van der Waals surface area (Å²) in [4.78, 5) is 24.5. The average Bonchev–Trinajstić information content (AvgIpc) is 2.97. The molecule has 0 aliphatic heterocycles. The number of ketones is 1. The Hall–Kier alpha value is -2.79. The summed E-state index contributed by atoms with van der Waals surface area (Å²) in [6.07, 6.45) is 0. The second-order valence-electron chi connectivity index (χ2n) is 5.93. The number of furan rings is 1. The normalized spacial score (nSPS) is 12.0. The SMILES string of the molecule is COc1ccc(C(=O)c2oc3cc(NC(=O)C(C)Cl)ccc3c2C)cc1. The Morgan fingerprint density at radius 3 is 2.46 bits per heavy atom. The first-order valence-electron chi connectivity index (χ1n) is 8.07.